The molecule has 0 radical (unpaired) electrons. The van der Waals surface area contributed by atoms with Crippen LogP contribution in [0.4, 0.5) is 0 Å². The van der Waals surface area contributed by atoms with Crippen molar-refractivity contribution in [3.8, 4) is 0 Å². The van der Waals surface area contributed by atoms with Gasteiger partial charge >= 0.3 is 0 Å². The highest BCUT2D eigenvalue weighted by molar-refractivity contribution is 5.77. The number of nitrogens with one attached hydrogen (secondary N) is 1. The zero-order chi connectivity index (χ0) is 11.7. The Kier molecular flexibility index (Phi) is 3.37. The van der Waals surface area contributed by atoms with Crippen molar-refractivity contribution in [1.29, 1.82) is 0 Å². The lowest BCUT2D eigenvalue weighted by Crippen LogP contribution is -2.38. The van der Waals surface area contributed by atoms with Crippen LogP contribution in [0.1, 0.15) is 44.9 Å². The van der Waals surface area contributed by atoms with E-state index in [2.05, 4.69) is 10.2 Å². The standard InChI is InChI=1S/C14H24N2O/c17-14(8-13-2-1-7-15-13)16(9-11-3-4-11)10-12-5-6-12/h11-13,15H,1-10H2. The first kappa shape index (κ1) is 11.5. The summed E-state index contributed by atoms with van der Waals surface area (Å²) in [4.78, 5) is 14.5. The van der Waals surface area contributed by atoms with Crippen molar-refractivity contribution < 1.29 is 4.79 Å². The van der Waals surface area contributed by atoms with Crippen molar-refractivity contribution in [2.24, 2.45) is 11.8 Å². The monoisotopic (exact) mass is 236 g/mol. The maximum Gasteiger partial charge on any atom is 0.224 e. The summed E-state index contributed by atoms with van der Waals surface area (Å²) in [6.07, 6.45) is 8.54. The molecule has 1 unspecified atom stereocenters. The van der Waals surface area contributed by atoms with E-state index >= 15 is 0 Å². The summed E-state index contributed by atoms with van der Waals surface area (Å²) in [5.41, 5.74) is 0. The molecule has 3 heteroatoms. The topological polar surface area (TPSA) is 32.3 Å². The summed E-state index contributed by atoms with van der Waals surface area (Å²) < 4.78 is 0. The Hall–Kier alpha value is -0.570. The Labute approximate surface area is 104 Å². The molecule has 1 aliphatic heterocycles. The van der Waals surface area contributed by atoms with Gasteiger partial charge in [-0.15, -0.1) is 0 Å². The fourth-order valence-electron chi connectivity index (χ4n) is 2.77. The Balaban J connectivity index is 1.49. The predicted octanol–water partition coefficient (Wildman–Crippen LogP) is 1.78. The average Bonchev–Trinajstić information content (AvgIpc) is 3.23. The Morgan fingerprint density at radius 1 is 1.06 bits per heavy atom. The summed E-state index contributed by atoms with van der Waals surface area (Å²) in [7, 11) is 0. The molecule has 0 spiro atoms. The van der Waals surface area contributed by atoms with Crippen LogP contribution in [0.15, 0.2) is 0 Å². The van der Waals surface area contributed by atoms with E-state index in [0.717, 1.165) is 37.9 Å². The van der Waals surface area contributed by atoms with Crippen molar-refractivity contribution in [3.63, 3.8) is 0 Å². The maximum absolute atomic E-state index is 12.3. The molecule has 1 amide bonds. The highest BCUT2D eigenvalue weighted by atomic mass is 16.2. The summed E-state index contributed by atoms with van der Waals surface area (Å²) in [5, 5.41) is 3.43. The van der Waals surface area contributed by atoms with Crippen LogP contribution >= 0.6 is 0 Å². The van der Waals surface area contributed by atoms with Crippen LogP contribution < -0.4 is 5.32 Å². The lowest BCUT2D eigenvalue weighted by atomic mass is 10.1. The second-order valence-electron chi connectivity index (χ2n) is 6.18. The molecule has 3 aliphatic rings. The third-order valence-electron chi connectivity index (χ3n) is 4.29. The van der Waals surface area contributed by atoms with Crippen molar-refractivity contribution in [2.75, 3.05) is 19.6 Å². The fourth-order valence-corrected chi connectivity index (χ4v) is 2.77. The smallest absolute Gasteiger partial charge is 0.224 e. The van der Waals surface area contributed by atoms with Crippen LogP contribution in [0, 0.1) is 11.8 Å². The number of hydrogen-bond acceptors (Lipinski definition) is 2. The molecule has 1 atom stereocenters. The normalized spacial score (nSPS) is 28.4. The van der Waals surface area contributed by atoms with Crippen molar-refractivity contribution in [2.45, 2.75) is 51.0 Å². The predicted molar refractivity (Wildman–Crippen MR) is 67.7 cm³/mol. The van der Waals surface area contributed by atoms with E-state index in [0.29, 0.717) is 11.9 Å². The second kappa shape index (κ2) is 4.97. The van der Waals surface area contributed by atoms with Crippen molar-refractivity contribution in [3.05, 3.63) is 0 Å². The van der Waals surface area contributed by atoms with Gasteiger partial charge in [-0.1, -0.05) is 0 Å². The highest BCUT2D eigenvalue weighted by Crippen LogP contribution is 2.34. The summed E-state index contributed by atoms with van der Waals surface area (Å²) >= 11 is 0. The zero-order valence-electron chi connectivity index (χ0n) is 10.7. The van der Waals surface area contributed by atoms with Crippen LogP contribution in [-0.4, -0.2) is 36.5 Å². The molecule has 0 bridgehead atoms. The van der Waals surface area contributed by atoms with Gasteiger partial charge in [0.1, 0.15) is 0 Å². The number of rotatable bonds is 6. The van der Waals surface area contributed by atoms with E-state index < -0.39 is 0 Å². The molecule has 2 aliphatic carbocycles. The van der Waals surface area contributed by atoms with Crippen LogP contribution in [0.5, 0.6) is 0 Å². The lowest BCUT2D eigenvalue weighted by Gasteiger charge is -2.24. The van der Waals surface area contributed by atoms with Gasteiger partial charge in [0.25, 0.3) is 0 Å². The van der Waals surface area contributed by atoms with Gasteiger partial charge in [-0.25, -0.2) is 0 Å². The quantitative estimate of drug-likeness (QED) is 0.762. The number of hydrogen-bond donors (Lipinski definition) is 1. The molecule has 3 fully saturated rings. The second-order valence-corrected chi connectivity index (χ2v) is 6.18. The van der Waals surface area contributed by atoms with Gasteiger partial charge in [0, 0.05) is 25.6 Å². The minimum Gasteiger partial charge on any atom is -0.342 e. The number of amides is 1. The third-order valence-corrected chi connectivity index (χ3v) is 4.29. The molecule has 17 heavy (non-hydrogen) atoms. The van der Waals surface area contributed by atoms with Gasteiger partial charge in [-0.05, 0) is 56.9 Å². The fraction of sp³-hybridized carbons (Fsp3) is 0.929. The molecule has 96 valence electrons. The van der Waals surface area contributed by atoms with Gasteiger partial charge in [-0.2, -0.15) is 0 Å². The van der Waals surface area contributed by atoms with Crippen molar-refractivity contribution in [1.82, 2.24) is 10.2 Å². The van der Waals surface area contributed by atoms with E-state index in [-0.39, 0.29) is 0 Å². The Bertz CT molecular complexity index is 264. The van der Waals surface area contributed by atoms with Crippen LogP contribution in [0.2, 0.25) is 0 Å². The third kappa shape index (κ3) is 3.44. The molecule has 0 aromatic carbocycles. The molecule has 1 N–H and O–H groups in total. The molecular weight excluding hydrogens is 212 g/mol. The summed E-state index contributed by atoms with van der Waals surface area (Å²) in [5.74, 6) is 2.06. The van der Waals surface area contributed by atoms with Crippen molar-refractivity contribution >= 4 is 5.91 Å². The Morgan fingerprint density at radius 3 is 2.18 bits per heavy atom. The summed E-state index contributed by atoms with van der Waals surface area (Å²) in [6.45, 7) is 3.19. The minimum atomic E-state index is 0.406. The number of nitrogens with zero attached hydrogens (tertiary/aromatic N) is 1. The van der Waals surface area contributed by atoms with Gasteiger partial charge in [-0.3, -0.25) is 4.79 Å². The lowest BCUT2D eigenvalue weighted by molar-refractivity contribution is -0.132. The largest absolute Gasteiger partial charge is 0.342 e. The summed E-state index contributed by atoms with van der Waals surface area (Å²) in [6, 6.07) is 0.461. The van der Waals surface area contributed by atoms with E-state index in [4.69, 9.17) is 0 Å². The van der Waals surface area contributed by atoms with Gasteiger partial charge in [0.05, 0.1) is 0 Å². The first-order valence-electron chi connectivity index (χ1n) is 7.32. The first-order chi connectivity index (χ1) is 8.31. The molecular formula is C14H24N2O. The molecule has 1 saturated heterocycles. The van der Waals surface area contributed by atoms with Crippen LogP contribution in [-0.2, 0) is 4.79 Å². The number of carbonyl (C=O) groups excluding carboxylic acids is 1. The zero-order valence-corrected chi connectivity index (χ0v) is 10.7. The van der Waals surface area contributed by atoms with E-state index in [1.165, 1.54) is 38.5 Å². The van der Waals surface area contributed by atoms with E-state index in [1.54, 1.807) is 0 Å². The highest BCUT2D eigenvalue weighted by Gasteiger charge is 2.32. The minimum absolute atomic E-state index is 0.406. The van der Waals surface area contributed by atoms with Crippen LogP contribution in [0.3, 0.4) is 0 Å². The first-order valence-corrected chi connectivity index (χ1v) is 7.32. The SMILES string of the molecule is O=C(CC1CCCN1)N(CC1CC1)CC1CC1. The van der Waals surface area contributed by atoms with Crippen LogP contribution in [0.25, 0.3) is 0 Å². The Morgan fingerprint density at radius 2 is 1.71 bits per heavy atom. The number of carbonyl (C=O) groups is 1. The van der Waals surface area contributed by atoms with E-state index in [9.17, 15) is 4.79 Å². The van der Waals surface area contributed by atoms with Gasteiger partial charge in [0.15, 0.2) is 0 Å². The molecule has 0 aromatic heterocycles. The average molecular weight is 236 g/mol. The molecule has 3 rings (SSSR count). The molecule has 0 aromatic rings. The molecule has 3 nitrogen and oxygen atoms in total. The van der Waals surface area contributed by atoms with Gasteiger partial charge in [0.2, 0.25) is 5.91 Å². The maximum atomic E-state index is 12.3. The molecule has 2 saturated carbocycles. The van der Waals surface area contributed by atoms with Gasteiger partial charge < -0.3 is 10.2 Å². The van der Waals surface area contributed by atoms with E-state index in [1.807, 2.05) is 0 Å². The molecule has 1 heterocycles.